The minimum Gasteiger partial charge on any atom is -0.490 e. The Morgan fingerprint density at radius 1 is 1.19 bits per heavy atom. The van der Waals surface area contributed by atoms with Gasteiger partial charge in [-0.15, -0.1) is 0 Å². The van der Waals surface area contributed by atoms with Crippen LogP contribution in [0.15, 0.2) is 42.5 Å². The number of aliphatic hydroxyl groups excluding tert-OH is 1. The normalized spacial score (nSPS) is 17.0. The number of carbonyl (C=O) groups is 1. The van der Waals surface area contributed by atoms with Crippen LogP contribution in [0.4, 0.5) is 0 Å². The van der Waals surface area contributed by atoms with Gasteiger partial charge in [-0.3, -0.25) is 9.69 Å². The van der Waals surface area contributed by atoms with Gasteiger partial charge in [0.25, 0.3) is 0 Å². The molecule has 1 heterocycles. The van der Waals surface area contributed by atoms with Crippen molar-refractivity contribution in [2.24, 2.45) is 0 Å². The van der Waals surface area contributed by atoms with E-state index in [4.69, 9.17) is 14.2 Å². The molecule has 0 aromatic heterocycles. The van der Waals surface area contributed by atoms with Crippen molar-refractivity contribution >= 4 is 6.29 Å². The maximum Gasteiger partial charge on any atom is 0.161 e. The molecule has 6 heteroatoms. The summed E-state index contributed by atoms with van der Waals surface area (Å²) in [6.45, 7) is 7.37. The third-order valence-electron chi connectivity index (χ3n) is 5.32. The fraction of sp³-hybridized carbons (Fsp3) is 0.480. The smallest absolute Gasteiger partial charge is 0.161 e. The molecule has 0 radical (unpaired) electrons. The van der Waals surface area contributed by atoms with Crippen LogP contribution in [0, 0.1) is 6.92 Å². The second kappa shape index (κ2) is 11.8. The van der Waals surface area contributed by atoms with E-state index >= 15 is 0 Å². The summed E-state index contributed by atoms with van der Waals surface area (Å²) in [6.07, 6.45) is 2.45. The third kappa shape index (κ3) is 7.35. The number of hydrogen-bond donors (Lipinski definition) is 1. The molecular formula is C25H33NO5. The number of aldehydes is 1. The lowest BCUT2D eigenvalue weighted by atomic mass is 10.1. The number of aryl methyl sites for hydroxylation is 1. The molecule has 168 valence electrons. The molecule has 1 fully saturated rings. The Morgan fingerprint density at radius 3 is 2.68 bits per heavy atom. The summed E-state index contributed by atoms with van der Waals surface area (Å²) < 4.78 is 17.2. The number of hydrogen-bond acceptors (Lipinski definition) is 6. The Hall–Kier alpha value is -2.41. The topological polar surface area (TPSA) is 68.2 Å². The van der Waals surface area contributed by atoms with Gasteiger partial charge in [0.1, 0.15) is 19.0 Å². The van der Waals surface area contributed by atoms with Crippen LogP contribution in [0.1, 0.15) is 41.3 Å². The van der Waals surface area contributed by atoms with Gasteiger partial charge in [0.05, 0.1) is 12.7 Å². The average molecular weight is 428 g/mol. The van der Waals surface area contributed by atoms with Crippen LogP contribution < -0.4 is 9.47 Å². The van der Waals surface area contributed by atoms with E-state index in [9.17, 15) is 9.90 Å². The Bertz CT molecular complexity index is 817. The largest absolute Gasteiger partial charge is 0.490 e. The zero-order chi connectivity index (χ0) is 22.1. The number of aliphatic hydroxyl groups is 1. The van der Waals surface area contributed by atoms with Crippen molar-refractivity contribution in [3.63, 3.8) is 0 Å². The predicted molar refractivity (Wildman–Crippen MR) is 120 cm³/mol. The van der Waals surface area contributed by atoms with E-state index in [0.717, 1.165) is 38.8 Å². The van der Waals surface area contributed by atoms with Crippen LogP contribution in [-0.2, 0) is 11.3 Å². The summed E-state index contributed by atoms with van der Waals surface area (Å²) in [5.41, 5.74) is 2.96. The summed E-state index contributed by atoms with van der Waals surface area (Å²) >= 11 is 0. The second-order valence-corrected chi connectivity index (χ2v) is 8.04. The fourth-order valence-corrected chi connectivity index (χ4v) is 3.75. The number of carbonyl (C=O) groups excluding carboxylic acids is 1. The van der Waals surface area contributed by atoms with E-state index in [1.165, 1.54) is 11.1 Å². The van der Waals surface area contributed by atoms with Gasteiger partial charge in [-0.05, 0) is 50.5 Å². The number of nitrogens with zero attached hydrogens (tertiary/aromatic N) is 1. The summed E-state index contributed by atoms with van der Waals surface area (Å²) in [6, 6.07) is 13.5. The first-order valence-electron chi connectivity index (χ1n) is 11.0. The van der Waals surface area contributed by atoms with Gasteiger partial charge in [0.2, 0.25) is 0 Å². The lowest BCUT2D eigenvalue weighted by molar-refractivity contribution is 0.0309. The molecule has 0 aliphatic carbocycles. The van der Waals surface area contributed by atoms with Gasteiger partial charge in [-0.1, -0.05) is 29.8 Å². The van der Waals surface area contributed by atoms with E-state index in [1.54, 1.807) is 18.2 Å². The Morgan fingerprint density at radius 2 is 2.00 bits per heavy atom. The van der Waals surface area contributed by atoms with Gasteiger partial charge in [0.15, 0.2) is 11.5 Å². The van der Waals surface area contributed by atoms with Gasteiger partial charge >= 0.3 is 0 Å². The lowest BCUT2D eigenvalue weighted by Gasteiger charge is -2.27. The minimum absolute atomic E-state index is 0.135. The van der Waals surface area contributed by atoms with Gasteiger partial charge in [-0.25, -0.2) is 0 Å². The molecule has 1 saturated heterocycles. The van der Waals surface area contributed by atoms with Crippen molar-refractivity contribution in [1.82, 2.24) is 4.90 Å². The van der Waals surface area contributed by atoms with Crippen molar-refractivity contribution in [3.05, 3.63) is 59.2 Å². The molecule has 2 atom stereocenters. The third-order valence-corrected chi connectivity index (χ3v) is 5.32. The summed E-state index contributed by atoms with van der Waals surface area (Å²) in [4.78, 5) is 13.2. The average Bonchev–Trinajstić information content (AvgIpc) is 3.27. The molecule has 0 spiro atoms. The first-order chi connectivity index (χ1) is 15.1. The molecule has 2 aromatic rings. The van der Waals surface area contributed by atoms with E-state index in [1.807, 2.05) is 6.92 Å². The molecule has 1 aliphatic heterocycles. The highest BCUT2D eigenvalue weighted by atomic mass is 16.5. The predicted octanol–water partition coefficient (Wildman–Crippen LogP) is 3.63. The molecule has 6 nitrogen and oxygen atoms in total. The number of ether oxygens (including phenoxy) is 3. The Labute approximate surface area is 184 Å². The fourth-order valence-electron chi connectivity index (χ4n) is 3.75. The van der Waals surface area contributed by atoms with Crippen LogP contribution in [0.5, 0.6) is 11.5 Å². The summed E-state index contributed by atoms with van der Waals surface area (Å²) in [5.74, 6) is 1.03. The number of benzene rings is 2. The first-order valence-corrected chi connectivity index (χ1v) is 11.0. The van der Waals surface area contributed by atoms with Crippen molar-refractivity contribution < 1.29 is 24.1 Å². The van der Waals surface area contributed by atoms with E-state index in [2.05, 4.69) is 36.1 Å². The lowest BCUT2D eigenvalue weighted by Crippen LogP contribution is -2.39. The quantitative estimate of drug-likeness (QED) is 0.522. The molecule has 0 bridgehead atoms. The highest BCUT2D eigenvalue weighted by molar-refractivity contribution is 5.76. The van der Waals surface area contributed by atoms with E-state index in [0.29, 0.717) is 30.2 Å². The molecule has 0 amide bonds. The Balaban J connectivity index is 1.60. The van der Waals surface area contributed by atoms with Crippen molar-refractivity contribution in [3.8, 4) is 11.5 Å². The molecular weight excluding hydrogens is 394 g/mol. The molecule has 0 saturated carbocycles. The molecule has 1 N–H and O–H groups in total. The van der Waals surface area contributed by atoms with Crippen LogP contribution in [0.2, 0.25) is 0 Å². The summed E-state index contributed by atoms with van der Waals surface area (Å²) in [5, 5.41) is 10.7. The minimum atomic E-state index is -0.674. The van der Waals surface area contributed by atoms with Crippen LogP contribution in [0.3, 0.4) is 0 Å². The maximum atomic E-state index is 11.0. The van der Waals surface area contributed by atoms with Crippen molar-refractivity contribution in [2.45, 2.75) is 45.4 Å². The van der Waals surface area contributed by atoms with Crippen LogP contribution in [0.25, 0.3) is 0 Å². The van der Waals surface area contributed by atoms with Gasteiger partial charge in [0, 0.05) is 31.8 Å². The SMILES string of the molecule is CCOc1cc(C=O)ccc1OCC(O)CN(Cc1ccc(C)cc1)CC1CCCO1. The van der Waals surface area contributed by atoms with Crippen molar-refractivity contribution in [2.75, 3.05) is 32.9 Å². The van der Waals surface area contributed by atoms with Crippen LogP contribution in [-0.4, -0.2) is 61.4 Å². The van der Waals surface area contributed by atoms with Crippen molar-refractivity contribution in [1.29, 1.82) is 0 Å². The van der Waals surface area contributed by atoms with Gasteiger partial charge < -0.3 is 19.3 Å². The van der Waals surface area contributed by atoms with E-state index < -0.39 is 6.10 Å². The molecule has 1 aliphatic rings. The zero-order valence-electron chi connectivity index (χ0n) is 18.5. The molecule has 3 rings (SSSR count). The first kappa shape index (κ1) is 23.3. The second-order valence-electron chi connectivity index (χ2n) is 8.04. The molecule has 2 unspecified atom stereocenters. The zero-order valence-corrected chi connectivity index (χ0v) is 18.5. The standard InChI is InChI=1S/C25H33NO5/c1-3-29-25-13-21(17-27)10-11-24(25)31-18-22(28)15-26(16-23-5-4-12-30-23)14-20-8-6-19(2)7-9-20/h6-11,13,17,22-23,28H,3-5,12,14-16,18H2,1-2H3. The Kier molecular flexibility index (Phi) is 8.88. The molecule has 2 aromatic carbocycles. The highest BCUT2D eigenvalue weighted by Crippen LogP contribution is 2.28. The molecule has 31 heavy (non-hydrogen) atoms. The monoisotopic (exact) mass is 427 g/mol. The highest BCUT2D eigenvalue weighted by Gasteiger charge is 2.22. The maximum absolute atomic E-state index is 11.0. The van der Waals surface area contributed by atoms with Crippen LogP contribution >= 0.6 is 0 Å². The number of rotatable bonds is 12. The van der Waals surface area contributed by atoms with Gasteiger partial charge in [-0.2, -0.15) is 0 Å². The van der Waals surface area contributed by atoms with E-state index in [-0.39, 0.29) is 12.7 Å². The summed E-state index contributed by atoms with van der Waals surface area (Å²) in [7, 11) is 0.